The summed E-state index contributed by atoms with van der Waals surface area (Å²) in [7, 11) is 0. The third-order valence-electron chi connectivity index (χ3n) is 1.43. The Balaban J connectivity index is 0. The van der Waals surface area contributed by atoms with Crippen molar-refractivity contribution in [2.75, 3.05) is 0 Å². The Morgan fingerprint density at radius 1 is 1.20 bits per heavy atom. The van der Waals surface area contributed by atoms with E-state index in [1.54, 1.807) is 0 Å². The number of hydrogen-bond donors (Lipinski definition) is 4. The predicted octanol–water partition coefficient (Wildman–Crippen LogP) is -1.68. The smallest absolute Gasteiger partial charge is 0.342 e. The first-order valence-corrected chi connectivity index (χ1v) is 3.26. The van der Waals surface area contributed by atoms with E-state index in [4.69, 9.17) is 20.4 Å². The third-order valence-corrected chi connectivity index (χ3v) is 1.43. The zero-order chi connectivity index (χ0) is 11.5. The van der Waals surface area contributed by atoms with Crippen LogP contribution in [-0.2, 0) is 14.4 Å². The van der Waals surface area contributed by atoms with Crippen molar-refractivity contribution in [1.29, 1.82) is 0 Å². The molecule has 0 aliphatic rings. The molecule has 0 bridgehead atoms. The molecule has 0 aromatic heterocycles. The molecule has 4 N–H and O–H groups in total. The van der Waals surface area contributed by atoms with E-state index in [1.165, 1.54) is 0 Å². The molecule has 0 aliphatic heterocycles. The topological polar surface area (TPSA) is 132 Å². The molecule has 0 heterocycles. The van der Waals surface area contributed by atoms with E-state index in [0.717, 1.165) is 0 Å². The number of rotatable bonds is 5. The van der Waals surface area contributed by atoms with E-state index in [1.807, 2.05) is 0 Å². The molecule has 0 amide bonds. The van der Waals surface area contributed by atoms with Crippen molar-refractivity contribution >= 4 is 66.8 Å². The van der Waals surface area contributed by atoms with E-state index in [0.29, 0.717) is 0 Å². The van der Waals surface area contributed by atoms with Crippen molar-refractivity contribution in [3.05, 3.63) is 0 Å². The van der Waals surface area contributed by atoms with Crippen LogP contribution in [0.3, 0.4) is 0 Å². The normalized spacial score (nSPS) is 15.6. The van der Waals surface area contributed by atoms with Crippen molar-refractivity contribution in [3.63, 3.8) is 0 Å². The molecular formula is C6H7BaFO7. The summed E-state index contributed by atoms with van der Waals surface area (Å²) in [6, 6.07) is 0. The fourth-order valence-electron chi connectivity index (χ4n) is 0.708. The molecule has 0 saturated carbocycles. The summed E-state index contributed by atoms with van der Waals surface area (Å²) in [5, 5.41) is 33.5. The van der Waals surface area contributed by atoms with Gasteiger partial charge in [0.25, 0.3) is 0 Å². The first-order valence-electron chi connectivity index (χ1n) is 3.26. The Morgan fingerprint density at radius 2 is 1.60 bits per heavy atom. The van der Waals surface area contributed by atoms with Gasteiger partial charge in [0, 0.05) is 48.9 Å². The Labute approximate surface area is 123 Å². The second-order valence-electron chi connectivity index (χ2n) is 2.50. The van der Waals surface area contributed by atoms with Crippen LogP contribution in [0.4, 0.5) is 4.39 Å². The summed E-state index contributed by atoms with van der Waals surface area (Å²) in [5.74, 6) is -6.30. The van der Waals surface area contributed by atoms with E-state index < -0.39 is 36.1 Å². The molecule has 82 valence electrons. The predicted molar refractivity (Wildman–Crippen MR) is 43.1 cm³/mol. The first kappa shape index (κ1) is 17.3. The molecule has 15 heavy (non-hydrogen) atoms. The number of alkyl halides is 1. The molecule has 0 aromatic carbocycles. The summed E-state index contributed by atoms with van der Waals surface area (Å²) >= 11 is 0. The number of carbonyl (C=O) groups is 3. The average Bonchev–Trinajstić information content (AvgIpc) is 2.00. The van der Waals surface area contributed by atoms with E-state index >= 15 is 0 Å². The zero-order valence-corrected chi connectivity index (χ0v) is 11.8. The molecule has 2 radical (unpaired) electrons. The van der Waals surface area contributed by atoms with Crippen LogP contribution in [-0.4, -0.2) is 99.0 Å². The van der Waals surface area contributed by atoms with Crippen LogP contribution in [0, 0.1) is 0 Å². The molecule has 0 saturated heterocycles. The number of hydrogen-bond acceptors (Lipinski definition) is 4. The molecule has 2 atom stereocenters. The zero-order valence-electron chi connectivity index (χ0n) is 7.38. The van der Waals surface area contributed by atoms with Crippen LogP contribution in [0.15, 0.2) is 0 Å². The monoisotopic (exact) mass is 348 g/mol. The number of aliphatic carboxylic acids is 3. The van der Waals surface area contributed by atoms with Crippen molar-refractivity contribution in [2.24, 2.45) is 0 Å². The van der Waals surface area contributed by atoms with Crippen molar-refractivity contribution in [2.45, 2.75) is 18.2 Å². The quantitative estimate of drug-likeness (QED) is 0.437. The fourth-order valence-corrected chi connectivity index (χ4v) is 0.708. The van der Waals surface area contributed by atoms with Crippen LogP contribution in [0.5, 0.6) is 0 Å². The maximum absolute atomic E-state index is 12.7. The van der Waals surface area contributed by atoms with Crippen molar-refractivity contribution in [3.8, 4) is 0 Å². The van der Waals surface area contributed by atoms with Gasteiger partial charge in [-0.2, -0.15) is 0 Å². The van der Waals surface area contributed by atoms with Crippen molar-refractivity contribution in [1.82, 2.24) is 0 Å². The van der Waals surface area contributed by atoms with Crippen molar-refractivity contribution < 1.29 is 39.2 Å². The van der Waals surface area contributed by atoms with E-state index in [-0.39, 0.29) is 48.9 Å². The van der Waals surface area contributed by atoms with Gasteiger partial charge in [-0.25, -0.2) is 14.0 Å². The molecule has 9 heteroatoms. The van der Waals surface area contributed by atoms with Gasteiger partial charge in [-0.05, 0) is 0 Å². The summed E-state index contributed by atoms with van der Waals surface area (Å²) in [6.45, 7) is 0. The summed E-state index contributed by atoms with van der Waals surface area (Å²) in [4.78, 5) is 30.4. The molecule has 0 spiro atoms. The Kier molecular flexibility index (Phi) is 7.43. The summed E-state index contributed by atoms with van der Waals surface area (Å²) in [6.07, 6.45) is -4.73. The minimum atomic E-state index is -3.45. The van der Waals surface area contributed by atoms with Gasteiger partial charge in [0.05, 0.1) is 6.42 Å². The van der Waals surface area contributed by atoms with E-state index in [2.05, 4.69) is 0 Å². The van der Waals surface area contributed by atoms with Crippen LogP contribution in [0.1, 0.15) is 6.42 Å². The minimum Gasteiger partial charge on any atom is -0.481 e. The average molecular weight is 347 g/mol. The molecular weight excluding hydrogens is 340 g/mol. The van der Waals surface area contributed by atoms with Crippen LogP contribution in [0.25, 0.3) is 0 Å². The van der Waals surface area contributed by atoms with Gasteiger partial charge in [-0.1, -0.05) is 0 Å². The van der Waals surface area contributed by atoms with Gasteiger partial charge >= 0.3 is 17.9 Å². The molecule has 0 aromatic rings. The maximum Gasteiger partial charge on any atom is 0.342 e. The second-order valence-corrected chi connectivity index (χ2v) is 2.50. The molecule has 0 fully saturated rings. The fraction of sp³-hybridized carbons (Fsp3) is 0.500. The summed E-state index contributed by atoms with van der Waals surface area (Å²) < 4.78 is 12.7. The number of carboxylic acids is 3. The SMILES string of the molecule is O=C(O)CC(O)(C(=O)O)C(F)C(=O)O.[Ba]. The second kappa shape index (κ2) is 6.45. The van der Waals surface area contributed by atoms with Gasteiger partial charge < -0.3 is 20.4 Å². The first-order chi connectivity index (χ1) is 6.21. The molecule has 7 nitrogen and oxygen atoms in total. The largest absolute Gasteiger partial charge is 0.481 e. The Hall–Kier alpha value is -0.129. The van der Waals surface area contributed by atoms with Gasteiger partial charge in [-0.3, -0.25) is 4.79 Å². The standard InChI is InChI=1S/C6H7FO7.Ba/c7-3(4(10)11)6(14,5(12)13)1-2(8)9;/h3,14H,1H2,(H,8,9)(H,10,11)(H,12,13);. The molecule has 2 unspecified atom stereocenters. The van der Waals surface area contributed by atoms with Gasteiger partial charge in [0.2, 0.25) is 11.8 Å². The van der Waals surface area contributed by atoms with Gasteiger partial charge in [0.1, 0.15) is 0 Å². The number of halogens is 1. The maximum atomic E-state index is 12.7. The van der Waals surface area contributed by atoms with Crippen LogP contribution >= 0.6 is 0 Å². The number of aliphatic hydroxyl groups is 1. The Bertz CT molecular complexity index is 281. The molecule has 0 aliphatic carbocycles. The minimum absolute atomic E-state index is 0. The Morgan fingerprint density at radius 3 is 1.80 bits per heavy atom. The summed E-state index contributed by atoms with van der Waals surface area (Å²) in [5.41, 5.74) is -3.45. The van der Waals surface area contributed by atoms with Gasteiger partial charge in [0.15, 0.2) is 0 Å². The van der Waals surface area contributed by atoms with Crippen LogP contribution < -0.4 is 0 Å². The van der Waals surface area contributed by atoms with Gasteiger partial charge in [-0.15, -0.1) is 0 Å². The third kappa shape index (κ3) is 4.49. The van der Waals surface area contributed by atoms with Crippen LogP contribution in [0.2, 0.25) is 0 Å². The van der Waals surface area contributed by atoms with E-state index in [9.17, 15) is 18.8 Å². The number of carboxylic acid groups (broad SMARTS) is 3. The molecule has 0 rings (SSSR count).